The lowest BCUT2D eigenvalue weighted by Crippen LogP contribution is -2.35. The van der Waals surface area contributed by atoms with Crippen molar-refractivity contribution in [1.82, 2.24) is 0 Å². The molecule has 0 spiro atoms. The Bertz CT molecular complexity index is 1890. The fraction of sp³-hybridized carbons (Fsp3) is 0.0303. The van der Waals surface area contributed by atoms with Crippen molar-refractivity contribution in [2.75, 3.05) is 0 Å². The van der Waals surface area contributed by atoms with E-state index < -0.39 is 5.41 Å². The van der Waals surface area contributed by atoms with Crippen molar-refractivity contribution in [2.24, 2.45) is 0 Å². The highest BCUT2D eigenvalue weighted by atomic mass is 16.3. The summed E-state index contributed by atoms with van der Waals surface area (Å²) in [6.45, 7) is 0. The Morgan fingerprint density at radius 1 is 0.541 bits per heavy atom. The molecule has 0 atom stereocenters. The normalized spacial score (nSPS) is 15.4. The van der Waals surface area contributed by atoms with Crippen LogP contribution in [0.3, 0.4) is 0 Å². The molecule has 0 amide bonds. The van der Waals surface area contributed by atoms with Gasteiger partial charge in [0.2, 0.25) is 0 Å². The van der Waals surface area contributed by atoms with Crippen LogP contribution in [-0.4, -0.2) is 20.4 Å². The van der Waals surface area contributed by atoms with Crippen LogP contribution >= 0.6 is 0 Å². The van der Waals surface area contributed by atoms with Crippen molar-refractivity contribution < 1.29 is 20.4 Å². The van der Waals surface area contributed by atoms with Crippen molar-refractivity contribution in [2.45, 2.75) is 5.41 Å². The van der Waals surface area contributed by atoms with E-state index in [4.69, 9.17) is 0 Å². The maximum atomic E-state index is 10.5. The highest BCUT2D eigenvalue weighted by Crippen LogP contribution is 2.50. The Kier molecular flexibility index (Phi) is 4.33. The molecule has 4 N–H and O–H groups in total. The van der Waals surface area contributed by atoms with Crippen LogP contribution in [0.25, 0.3) is 33.2 Å². The zero-order valence-corrected chi connectivity index (χ0v) is 19.7. The van der Waals surface area contributed by atoms with E-state index in [1.165, 1.54) is 12.1 Å². The molecule has 2 aliphatic rings. The largest absolute Gasteiger partial charge is 0.508 e. The lowest BCUT2D eigenvalue weighted by Gasteiger charge is -2.37. The van der Waals surface area contributed by atoms with Crippen LogP contribution in [0.5, 0.6) is 23.0 Å². The Balaban J connectivity index is 1.76. The van der Waals surface area contributed by atoms with Crippen molar-refractivity contribution in [3.63, 3.8) is 0 Å². The second-order valence-electron chi connectivity index (χ2n) is 9.66. The summed E-state index contributed by atoms with van der Waals surface area (Å²) >= 11 is 0. The zero-order chi connectivity index (χ0) is 25.3. The Morgan fingerprint density at radius 2 is 1.03 bits per heavy atom. The van der Waals surface area contributed by atoms with E-state index >= 15 is 0 Å². The monoisotopic (exact) mass is 482 g/mol. The van der Waals surface area contributed by atoms with E-state index in [0.717, 1.165) is 43.1 Å². The first-order valence-corrected chi connectivity index (χ1v) is 12.1. The molecule has 0 heterocycles. The van der Waals surface area contributed by atoms with E-state index in [9.17, 15) is 20.4 Å². The van der Waals surface area contributed by atoms with Crippen LogP contribution in [0, 0.1) is 0 Å². The van der Waals surface area contributed by atoms with Gasteiger partial charge < -0.3 is 20.4 Å². The molecule has 5 aromatic rings. The molecule has 5 aromatic carbocycles. The summed E-state index contributed by atoms with van der Waals surface area (Å²) in [5.41, 5.74) is 2.16. The van der Waals surface area contributed by atoms with Crippen molar-refractivity contribution >= 4 is 33.2 Å². The van der Waals surface area contributed by atoms with E-state index in [1.54, 1.807) is 24.3 Å². The molecule has 0 saturated carbocycles. The van der Waals surface area contributed by atoms with Crippen molar-refractivity contribution in [1.29, 1.82) is 0 Å². The molecule has 7 rings (SSSR count). The number of allylic oxidation sites excluding steroid dienone is 4. The first kappa shape index (κ1) is 21.3. The molecule has 2 aliphatic carbocycles. The molecule has 0 saturated heterocycles. The molecule has 37 heavy (non-hydrogen) atoms. The molecule has 178 valence electrons. The molecule has 0 unspecified atom stereocenters. The number of phenols is 4. The minimum atomic E-state index is -1.02. The lowest BCUT2D eigenvalue weighted by molar-refractivity contribution is 0.447. The van der Waals surface area contributed by atoms with Gasteiger partial charge in [-0.05, 0) is 84.6 Å². The summed E-state index contributed by atoms with van der Waals surface area (Å²) in [7, 11) is 0. The second kappa shape index (κ2) is 7.52. The Hall–Kier alpha value is -4.96. The molecule has 0 aromatic heterocycles. The number of hydrogen-bond donors (Lipinski definition) is 4. The average Bonchev–Trinajstić information content (AvgIpc) is 3.28. The minimum Gasteiger partial charge on any atom is -0.508 e. The SMILES string of the molecule is Oc1cc(O)cc(C2(c3cc(O)cc(O)c3)C=CC=C3C=c4c(c5ccccc5c5ccccc45)=C32)c1. The average molecular weight is 483 g/mol. The number of aromatic hydroxyl groups is 4. The highest BCUT2D eigenvalue weighted by Gasteiger charge is 2.42. The summed E-state index contributed by atoms with van der Waals surface area (Å²) in [5.74, 6) is -0.298. The van der Waals surface area contributed by atoms with Gasteiger partial charge in [-0.25, -0.2) is 0 Å². The number of rotatable bonds is 2. The van der Waals surface area contributed by atoms with Crippen LogP contribution in [0.15, 0.2) is 109 Å². The van der Waals surface area contributed by atoms with Crippen LogP contribution in [0.1, 0.15) is 11.1 Å². The molecule has 0 bridgehead atoms. The number of benzene rings is 5. The molecule has 0 fully saturated rings. The Morgan fingerprint density at radius 3 is 1.59 bits per heavy atom. The molecule has 0 radical (unpaired) electrons. The van der Waals surface area contributed by atoms with Crippen LogP contribution in [0.2, 0.25) is 0 Å². The van der Waals surface area contributed by atoms with Gasteiger partial charge in [0.25, 0.3) is 0 Å². The van der Waals surface area contributed by atoms with Gasteiger partial charge in [-0.2, -0.15) is 0 Å². The summed E-state index contributed by atoms with van der Waals surface area (Å²) in [5, 5.41) is 48.8. The predicted molar refractivity (Wildman–Crippen MR) is 146 cm³/mol. The van der Waals surface area contributed by atoms with E-state index in [0.29, 0.717) is 11.1 Å². The van der Waals surface area contributed by atoms with Gasteiger partial charge in [0, 0.05) is 12.1 Å². The Labute approximate surface area is 212 Å². The summed E-state index contributed by atoms with van der Waals surface area (Å²) < 4.78 is 0. The van der Waals surface area contributed by atoms with Crippen LogP contribution in [-0.2, 0) is 5.41 Å². The maximum Gasteiger partial charge on any atom is 0.119 e. The quantitative estimate of drug-likeness (QED) is 0.259. The molecule has 4 heteroatoms. The highest BCUT2D eigenvalue weighted by molar-refractivity contribution is 6.12. The zero-order valence-electron chi connectivity index (χ0n) is 19.7. The molecular weight excluding hydrogens is 460 g/mol. The second-order valence-corrected chi connectivity index (χ2v) is 9.66. The lowest BCUT2D eigenvalue weighted by atomic mass is 9.65. The molecular formula is C33H22O4. The third-order valence-corrected chi connectivity index (χ3v) is 7.54. The first-order chi connectivity index (χ1) is 18.0. The van der Waals surface area contributed by atoms with E-state index in [-0.39, 0.29) is 23.0 Å². The number of fused-ring (bicyclic) bond motifs is 7. The molecule has 4 nitrogen and oxygen atoms in total. The van der Waals surface area contributed by atoms with Gasteiger partial charge in [-0.3, -0.25) is 0 Å². The van der Waals surface area contributed by atoms with Gasteiger partial charge in [0.15, 0.2) is 0 Å². The van der Waals surface area contributed by atoms with Gasteiger partial charge in [0.05, 0.1) is 5.41 Å². The fourth-order valence-corrected chi connectivity index (χ4v) is 6.19. The standard InChI is InChI=1S/C33H22O4/c34-22-13-20(14-23(35)17-22)33(21-15-24(36)18-25(37)16-21)11-5-6-19-12-30-28-9-2-1-7-26(28)27-8-3-4-10-29(27)31(30)32(19)33/h1-18,34-37H. The predicted octanol–water partition coefficient (Wildman–Crippen LogP) is 5.24. The first-order valence-electron chi connectivity index (χ1n) is 12.1. The maximum absolute atomic E-state index is 10.5. The fourth-order valence-electron chi connectivity index (χ4n) is 6.19. The third kappa shape index (κ3) is 2.96. The van der Waals surface area contributed by atoms with E-state index in [1.807, 2.05) is 36.4 Å². The topological polar surface area (TPSA) is 80.9 Å². The summed E-state index contributed by atoms with van der Waals surface area (Å²) in [6.07, 6.45) is 8.19. The van der Waals surface area contributed by atoms with E-state index in [2.05, 4.69) is 36.4 Å². The van der Waals surface area contributed by atoms with Gasteiger partial charge in [0.1, 0.15) is 23.0 Å². The number of phenolic OH excluding ortho intramolecular Hbond substituents is 4. The molecule has 0 aliphatic heterocycles. The van der Waals surface area contributed by atoms with Gasteiger partial charge >= 0.3 is 0 Å². The summed E-state index contributed by atoms with van der Waals surface area (Å²) in [6, 6.07) is 25.8. The van der Waals surface area contributed by atoms with Gasteiger partial charge in [-0.1, -0.05) is 66.8 Å². The third-order valence-electron chi connectivity index (χ3n) is 7.54. The van der Waals surface area contributed by atoms with Crippen molar-refractivity contribution in [3.05, 3.63) is 130 Å². The summed E-state index contributed by atoms with van der Waals surface area (Å²) in [4.78, 5) is 0. The van der Waals surface area contributed by atoms with Crippen LogP contribution in [0.4, 0.5) is 0 Å². The minimum absolute atomic E-state index is 0.0746. The van der Waals surface area contributed by atoms with Crippen molar-refractivity contribution in [3.8, 4) is 23.0 Å². The number of hydrogen-bond acceptors (Lipinski definition) is 4. The smallest absolute Gasteiger partial charge is 0.119 e. The van der Waals surface area contributed by atoms with Crippen LogP contribution < -0.4 is 10.4 Å². The van der Waals surface area contributed by atoms with Gasteiger partial charge in [-0.15, -0.1) is 0 Å².